The van der Waals surface area contributed by atoms with Crippen molar-refractivity contribution in [2.75, 3.05) is 26.2 Å². The molecule has 6 rings (SSSR count). The highest BCUT2D eigenvalue weighted by molar-refractivity contribution is 5.93. The standard InChI is InChI=1S/C33H37N3O5/c1-22-18-28-32(38)27-12-11-25(20-29(27)41-33(28)30(19-22)39-17-16-36-14-4-5-15-36)40-26-10-8-23(34-21-26)9-13-31(37)35-24-6-2-3-7-24/h8,10-12,18-21,24H,2-7,9,13-17H2,1H3,(H,35,37). The van der Waals surface area contributed by atoms with E-state index in [4.69, 9.17) is 13.9 Å². The van der Waals surface area contributed by atoms with Crippen LogP contribution in [0.25, 0.3) is 21.9 Å². The van der Waals surface area contributed by atoms with E-state index in [1.165, 1.54) is 25.7 Å². The van der Waals surface area contributed by atoms with Gasteiger partial charge in [-0.15, -0.1) is 0 Å². The summed E-state index contributed by atoms with van der Waals surface area (Å²) < 4.78 is 18.4. The van der Waals surface area contributed by atoms with Crippen molar-refractivity contribution in [3.8, 4) is 17.2 Å². The lowest BCUT2D eigenvalue weighted by molar-refractivity contribution is -0.121. The van der Waals surface area contributed by atoms with Gasteiger partial charge in [-0.3, -0.25) is 19.5 Å². The molecule has 2 fully saturated rings. The maximum atomic E-state index is 13.4. The SMILES string of the molecule is Cc1cc(OCCN2CCCC2)c2oc3cc(Oc4ccc(CCC(=O)NC5CCCC5)nc4)ccc3c(=O)c2c1. The van der Waals surface area contributed by atoms with Gasteiger partial charge < -0.3 is 19.2 Å². The lowest BCUT2D eigenvalue weighted by Gasteiger charge is -2.16. The van der Waals surface area contributed by atoms with E-state index >= 15 is 0 Å². The van der Waals surface area contributed by atoms with E-state index in [9.17, 15) is 9.59 Å². The monoisotopic (exact) mass is 555 g/mol. The summed E-state index contributed by atoms with van der Waals surface area (Å²) in [4.78, 5) is 32.5. The van der Waals surface area contributed by atoms with E-state index in [1.54, 1.807) is 24.4 Å². The molecule has 0 unspecified atom stereocenters. The van der Waals surface area contributed by atoms with Gasteiger partial charge in [0, 0.05) is 30.8 Å². The lowest BCUT2D eigenvalue weighted by Crippen LogP contribution is -2.32. The van der Waals surface area contributed by atoms with Gasteiger partial charge in [0.15, 0.2) is 11.3 Å². The Kier molecular flexibility index (Phi) is 8.19. The minimum atomic E-state index is -0.0936. The predicted molar refractivity (Wildman–Crippen MR) is 159 cm³/mol. The van der Waals surface area contributed by atoms with Crippen LogP contribution in [-0.4, -0.2) is 48.1 Å². The minimum Gasteiger partial charge on any atom is -0.488 e. The number of amides is 1. The van der Waals surface area contributed by atoms with Crippen LogP contribution >= 0.6 is 0 Å². The number of hydrogen-bond acceptors (Lipinski definition) is 7. The quantitative estimate of drug-likeness (QED) is 0.243. The summed E-state index contributed by atoms with van der Waals surface area (Å²) in [5.41, 5.74) is 2.58. The Morgan fingerprint density at radius 3 is 2.61 bits per heavy atom. The van der Waals surface area contributed by atoms with Crippen LogP contribution in [0, 0.1) is 6.92 Å². The summed E-state index contributed by atoms with van der Waals surface area (Å²) in [7, 11) is 0. The van der Waals surface area contributed by atoms with Crippen molar-refractivity contribution in [3.05, 3.63) is 70.1 Å². The Labute approximate surface area is 239 Å². The number of likely N-dealkylation sites (tertiary alicyclic amines) is 1. The van der Waals surface area contributed by atoms with Crippen molar-refractivity contribution >= 4 is 27.8 Å². The van der Waals surface area contributed by atoms with E-state index in [-0.39, 0.29) is 11.3 Å². The average Bonchev–Trinajstić information content (AvgIpc) is 3.68. The third-order valence-electron chi connectivity index (χ3n) is 8.08. The molecule has 4 aromatic rings. The topological polar surface area (TPSA) is 93.9 Å². The molecule has 1 saturated carbocycles. The third kappa shape index (κ3) is 6.54. The molecule has 2 aliphatic rings. The number of benzene rings is 2. The second-order valence-corrected chi connectivity index (χ2v) is 11.3. The number of carbonyl (C=O) groups excluding carboxylic acids is 1. The first-order valence-corrected chi connectivity index (χ1v) is 14.8. The highest BCUT2D eigenvalue weighted by atomic mass is 16.5. The molecule has 1 aliphatic carbocycles. The fourth-order valence-corrected chi connectivity index (χ4v) is 5.87. The van der Waals surface area contributed by atoms with Crippen LogP contribution in [0.2, 0.25) is 0 Å². The molecule has 8 heteroatoms. The number of ether oxygens (including phenoxy) is 2. The van der Waals surface area contributed by atoms with Crippen LogP contribution in [0.3, 0.4) is 0 Å². The zero-order valence-corrected chi connectivity index (χ0v) is 23.6. The molecule has 41 heavy (non-hydrogen) atoms. The highest BCUT2D eigenvalue weighted by Crippen LogP contribution is 2.31. The minimum absolute atomic E-state index is 0.0829. The Morgan fingerprint density at radius 2 is 1.83 bits per heavy atom. The van der Waals surface area contributed by atoms with Gasteiger partial charge in [-0.25, -0.2) is 0 Å². The maximum absolute atomic E-state index is 13.4. The Morgan fingerprint density at radius 1 is 1.02 bits per heavy atom. The molecule has 3 heterocycles. The van der Waals surface area contributed by atoms with Gasteiger partial charge in [-0.1, -0.05) is 12.8 Å². The van der Waals surface area contributed by atoms with Crippen molar-refractivity contribution < 1.29 is 18.7 Å². The van der Waals surface area contributed by atoms with Crippen molar-refractivity contribution in [2.24, 2.45) is 0 Å². The van der Waals surface area contributed by atoms with Gasteiger partial charge in [0.2, 0.25) is 11.3 Å². The van der Waals surface area contributed by atoms with Gasteiger partial charge in [0.25, 0.3) is 0 Å². The molecule has 1 aliphatic heterocycles. The Hall–Kier alpha value is -3.91. The summed E-state index contributed by atoms with van der Waals surface area (Å²) in [6.45, 7) is 5.56. The zero-order chi connectivity index (χ0) is 28.2. The molecular formula is C33H37N3O5. The maximum Gasteiger partial charge on any atom is 0.220 e. The van der Waals surface area contributed by atoms with Crippen molar-refractivity contribution in [1.82, 2.24) is 15.2 Å². The molecule has 0 radical (unpaired) electrons. The molecule has 2 aromatic heterocycles. The second-order valence-electron chi connectivity index (χ2n) is 11.3. The van der Waals surface area contributed by atoms with Gasteiger partial charge in [0.05, 0.1) is 17.0 Å². The highest BCUT2D eigenvalue weighted by Gasteiger charge is 2.18. The lowest BCUT2D eigenvalue weighted by atomic mass is 10.1. The number of nitrogens with one attached hydrogen (secondary N) is 1. The van der Waals surface area contributed by atoms with Crippen molar-refractivity contribution in [3.63, 3.8) is 0 Å². The largest absolute Gasteiger partial charge is 0.488 e. The number of nitrogens with zero attached hydrogens (tertiary/aromatic N) is 2. The molecule has 214 valence electrons. The number of hydrogen-bond donors (Lipinski definition) is 1. The van der Waals surface area contributed by atoms with E-state index < -0.39 is 0 Å². The third-order valence-corrected chi connectivity index (χ3v) is 8.08. The van der Waals surface area contributed by atoms with Crippen LogP contribution in [0.4, 0.5) is 0 Å². The van der Waals surface area contributed by atoms with Crippen LogP contribution in [0.1, 0.15) is 56.2 Å². The predicted octanol–water partition coefficient (Wildman–Crippen LogP) is 5.91. The van der Waals surface area contributed by atoms with E-state index in [0.717, 1.165) is 43.7 Å². The molecular weight excluding hydrogens is 518 g/mol. The first kappa shape index (κ1) is 27.3. The molecule has 1 amide bonds. The molecule has 8 nitrogen and oxygen atoms in total. The molecule has 0 bridgehead atoms. The molecule has 0 spiro atoms. The Balaban J connectivity index is 1.15. The summed E-state index contributed by atoms with van der Waals surface area (Å²) in [6.07, 6.45) is 9.68. The number of carbonyl (C=O) groups is 1. The van der Waals surface area contributed by atoms with Gasteiger partial charge in [0.1, 0.15) is 23.7 Å². The number of pyridine rings is 1. The smallest absolute Gasteiger partial charge is 0.220 e. The summed E-state index contributed by atoms with van der Waals surface area (Å²) in [5.74, 6) is 1.77. The fourth-order valence-electron chi connectivity index (χ4n) is 5.87. The summed E-state index contributed by atoms with van der Waals surface area (Å²) in [6, 6.07) is 13.0. The van der Waals surface area contributed by atoms with Crippen molar-refractivity contribution in [2.45, 2.75) is 64.3 Å². The number of aryl methyl sites for hydroxylation is 2. The van der Waals surface area contributed by atoms with Gasteiger partial charge >= 0.3 is 0 Å². The number of rotatable bonds is 10. The first-order chi connectivity index (χ1) is 20.0. The van der Waals surface area contributed by atoms with Gasteiger partial charge in [-0.05, 0) is 94.1 Å². The molecule has 2 aromatic carbocycles. The molecule has 1 N–H and O–H groups in total. The number of fused-ring (bicyclic) bond motifs is 2. The van der Waals surface area contributed by atoms with Crippen LogP contribution < -0.4 is 20.2 Å². The first-order valence-electron chi connectivity index (χ1n) is 14.8. The van der Waals surface area contributed by atoms with E-state index in [2.05, 4.69) is 15.2 Å². The van der Waals surface area contributed by atoms with Crippen LogP contribution in [-0.2, 0) is 11.2 Å². The molecule has 1 saturated heterocycles. The van der Waals surface area contributed by atoms with E-state index in [0.29, 0.717) is 64.7 Å². The number of aromatic nitrogens is 1. The van der Waals surface area contributed by atoms with E-state index in [1.807, 2.05) is 31.2 Å². The Bertz CT molecular complexity index is 1590. The summed E-state index contributed by atoms with van der Waals surface area (Å²) in [5, 5.41) is 4.12. The van der Waals surface area contributed by atoms with Crippen molar-refractivity contribution in [1.29, 1.82) is 0 Å². The summed E-state index contributed by atoms with van der Waals surface area (Å²) >= 11 is 0. The second kappa shape index (κ2) is 12.3. The average molecular weight is 556 g/mol. The van der Waals surface area contributed by atoms with Crippen LogP contribution in [0.15, 0.2) is 57.9 Å². The molecule has 0 atom stereocenters. The fraction of sp³-hybridized carbons (Fsp3) is 0.424. The normalized spacial score (nSPS) is 16.0. The zero-order valence-electron chi connectivity index (χ0n) is 23.6. The van der Waals surface area contributed by atoms with Gasteiger partial charge in [-0.2, -0.15) is 0 Å². The van der Waals surface area contributed by atoms with Crippen LogP contribution in [0.5, 0.6) is 17.2 Å².